The number of piperidine rings is 1. The predicted molar refractivity (Wildman–Crippen MR) is 126 cm³/mol. The molecule has 2 unspecified atom stereocenters. The van der Waals surface area contributed by atoms with Crippen molar-refractivity contribution >= 4 is 34.3 Å². The maximum atomic E-state index is 13.3. The molecule has 0 spiro atoms. The van der Waals surface area contributed by atoms with Crippen molar-refractivity contribution in [3.63, 3.8) is 0 Å². The average Bonchev–Trinajstić information content (AvgIpc) is 3.21. The molecule has 0 aliphatic carbocycles. The van der Waals surface area contributed by atoms with Crippen molar-refractivity contribution in [3.05, 3.63) is 65.0 Å². The van der Waals surface area contributed by atoms with Gasteiger partial charge in [-0.15, -0.1) is 10.2 Å². The molecule has 164 valence electrons. The van der Waals surface area contributed by atoms with Crippen LogP contribution >= 0.6 is 11.8 Å². The second kappa shape index (κ2) is 8.43. The summed E-state index contributed by atoms with van der Waals surface area (Å²) in [5.41, 5.74) is 1.32. The minimum Gasteiger partial charge on any atom is -0.341 e. The predicted octanol–water partition coefficient (Wildman–Crippen LogP) is 3.63. The smallest absolute Gasteiger partial charge is 0.267 e. The lowest BCUT2D eigenvalue weighted by atomic mass is 9.92. The lowest BCUT2D eigenvalue weighted by Gasteiger charge is -2.34. The Labute approximate surface area is 190 Å². The quantitative estimate of drug-likeness (QED) is 0.447. The van der Waals surface area contributed by atoms with Gasteiger partial charge in [-0.25, -0.2) is 4.57 Å². The third-order valence-corrected chi connectivity index (χ3v) is 6.87. The van der Waals surface area contributed by atoms with Crippen molar-refractivity contribution in [1.29, 1.82) is 0 Å². The fraction of sp³-hybridized carbons (Fsp3) is 0.333. The van der Waals surface area contributed by atoms with Crippen LogP contribution in [0.25, 0.3) is 22.4 Å². The summed E-state index contributed by atoms with van der Waals surface area (Å²) in [6, 6.07) is 16.9. The number of hydrogen-bond acceptors (Lipinski definition) is 5. The van der Waals surface area contributed by atoms with E-state index in [4.69, 9.17) is 0 Å². The summed E-state index contributed by atoms with van der Waals surface area (Å²) in [7, 11) is 0. The second-order valence-electron chi connectivity index (χ2n) is 8.64. The summed E-state index contributed by atoms with van der Waals surface area (Å²) >= 11 is 1.37. The van der Waals surface area contributed by atoms with E-state index in [-0.39, 0.29) is 11.5 Å². The average molecular weight is 448 g/mol. The molecule has 4 aromatic rings. The first-order chi connectivity index (χ1) is 15.5. The van der Waals surface area contributed by atoms with E-state index in [0.29, 0.717) is 33.9 Å². The number of carbonyl (C=O) groups excluding carboxylic acids is 1. The van der Waals surface area contributed by atoms with Gasteiger partial charge in [0.05, 0.1) is 22.3 Å². The molecule has 1 aliphatic heterocycles. The fourth-order valence-corrected chi connectivity index (χ4v) is 5.51. The molecule has 2 aromatic carbocycles. The summed E-state index contributed by atoms with van der Waals surface area (Å²) in [6.45, 7) is 6.01. The number of fused-ring (bicyclic) bond motifs is 3. The molecule has 5 rings (SSSR count). The maximum Gasteiger partial charge on any atom is 0.267 e. The van der Waals surface area contributed by atoms with E-state index in [9.17, 15) is 9.59 Å². The Hall–Kier alpha value is -3.13. The van der Waals surface area contributed by atoms with E-state index in [1.54, 1.807) is 4.57 Å². The van der Waals surface area contributed by atoms with Crippen LogP contribution in [0.15, 0.2) is 64.5 Å². The lowest BCUT2D eigenvalue weighted by Crippen LogP contribution is -2.43. The van der Waals surface area contributed by atoms with Gasteiger partial charge in [0.25, 0.3) is 5.56 Å². The number of para-hydroxylation sites is 2. The van der Waals surface area contributed by atoms with E-state index < -0.39 is 0 Å². The first-order valence-electron chi connectivity index (χ1n) is 10.9. The van der Waals surface area contributed by atoms with Gasteiger partial charge >= 0.3 is 0 Å². The molecule has 1 saturated heterocycles. The molecular weight excluding hydrogens is 422 g/mol. The van der Waals surface area contributed by atoms with Gasteiger partial charge in [0.2, 0.25) is 11.7 Å². The van der Waals surface area contributed by atoms with Crippen LogP contribution in [0.4, 0.5) is 0 Å². The topological polar surface area (TPSA) is 72.5 Å². The normalized spacial score (nSPS) is 19.0. The van der Waals surface area contributed by atoms with Gasteiger partial charge in [0.1, 0.15) is 0 Å². The molecule has 1 fully saturated rings. The molecule has 8 heteroatoms. The van der Waals surface area contributed by atoms with Crippen molar-refractivity contribution in [2.24, 2.45) is 11.8 Å². The van der Waals surface area contributed by atoms with E-state index in [1.807, 2.05) is 63.9 Å². The molecule has 0 N–H and O–H groups in total. The number of carbonyl (C=O) groups is 1. The van der Waals surface area contributed by atoms with E-state index in [0.717, 1.165) is 30.7 Å². The van der Waals surface area contributed by atoms with Crippen LogP contribution in [0.2, 0.25) is 0 Å². The summed E-state index contributed by atoms with van der Waals surface area (Å²) in [6.07, 6.45) is 1.16. The minimum absolute atomic E-state index is 0.117. The monoisotopic (exact) mass is 447 g/mol. The Morgan fingerprint density at radius 3 is 2.44 bits per heavy atom. The zero-order valence-corrected chi connectivity index (χ0v) is 19.0. The van der Waals surface area contributed by atoms with Gasteiger partial charge in [-0.1, -0.05) is 55.9 Å². The highest BCUT2D eigenvalue weighted by atomic mass is 32.2. The van der Waals surface area contributed by atoms with Gasteiger partial charge in [-0.3, -0.25) is 14.0 Å². The second-order valence-corrected chi connectivity index (χ2v) is 9.59. The lowest BCUT2D eigenvalue weighted by molar-refractivity contribution is -0.130. The molecule has 3 heterocycles. The van der Waals surface area contributed by atoms with E-state index in [1.165, 1.54) is 11.8 Å². The Kier molecular flexibility index (Phi) is 5.46. The van der Waals surface area contributed by atoms with Gasteiger partial charge in [-0.05, 0) is 42.5 Å². The molecule has 0 radical (unpaired) electrons. The minimum atomic E-state index is -0.143. The third kappa shape index (κ3) is 3.68. The molecular formula is C24H25N5O2S. The van der Waals surface area contributed by atoms with Gasteiger partial charge in [0.15, 0.2) is 5.16 Å². The Balaban J connectivity index is 1.55. The number of rotatable bonds is 4. The Bertz CT molecular complexity index is 1340. The Morgan fingerprint density at radius 1 is 1.00 bits per heavy atom. The summed E-state index contributed by atoms with van der Waals surface area (Å²) < 4.78 is 3.46. The summed E-state index contributed by atoms with van der Waals surface area (Å²) in [5, 5.41) is 9.90. The number of aromatic nitrogens is 4. The fourth-order valence-electron chi connectivity index (χ4n) is 4.67. The van der Waals surface area contributed by atoms with Crippen LogP contribution in [0.5, 0.6) is 0 Å². The summed E-state index contributed by atoms with van der Waals surface area (Å²) in [5.74, 6) is 1.89. The Morgan fingerprint density at radius 2 is 1.69 bits per heavy atom. The van der Waals surface area contributed by atoms with Crippen LogP contribution in [0.1, 0.15) is 20.3 Å². The van der Waals surface area contributed by atoms with Gasteiger partial charge < -0.3 is 4.90 Å². The first-order valence-corrected chi connectivity index (χ1v) is 11.9. The molecule has 1 amide bonds. The van der Waals surface area contributed by atoms with E-state index >= 15 is 0 Å². The number of thioether (sulfide) groups is 1. The number of likely N-dealkylation sites (tertiary alicyclic amines) is 1. The highest BCUT2D eigenvalue weighted by Gasteiger charge is 2.26. The number of hydrogen-bond donors (Lipinski definition) is 0. The largest absolute Gasteiger partial charge is 0.341 e. The standard InChI is InChI=1S/C24H25N5O2S/c1-16-12-17(2)14-27(13-16)21(30)15-32-24-26-25-23-28(18-8-4-3-5-9-18)22(31)19-10-6-7-11-20(19)29(23)24/h3-11,16-17H,12-15H2,1-2H3. The maximum absolute atomic E-state index is 13.3. The van der Waals surface area contributed by atoms with Crippen LogP contribution in [0.3, 0.4) is 0 Å². The van der Waals surface area contributed by atoms with Crippen molar-refractivity contribution < 1.29 is 4.79 Å². The molecule has 32 heavy (non-hydrogen) atoms. The third-order valence-electron chi connectivity index (χ3n) is 5.96. The van der Waals surface area contributed by atoms with Gasteiger partial charge in [0, 0.05) is 13.1 Å². The number of amides is 1. The van der Waals surface area contributed by atoms with Crippen LogP contribution in [-0.4, -0.2) is 48.8 Å². The first kappa shape index (κ1) is 20.8. The molecule has 0 saturated carbocycles. The van der Waals surface area contributed by atoms with Crippen molar-refractivity contribution in [2.45, 2.75) is 25.4 Å². The van der Waals surface area contributed by atoms with Crippen LogP contribution in [0, 0.1) is 11.8 Å². The van der Waals surface area contributed by atoms with E-state index in [2.05, 4.69) is 24.0 Å². The van der Waals surface area contributed by atoms with Crippen LogP contribution in [-0.2, 0) is 4.79 Å². The number of benzene rings is 2. The van der Waals surface area contributed by atoms with Crippen molar-refractivity contribution in [3.8, 4) is 5.69 Å². The molecule has 2 aromatic heterocycles. The molecule has 2 atom stereocenters. The molecule has 7 nitrogen and oxygen atoms in total. The van der Waals surface area contributed by atoms with Crippen LogP contribution < -0.4 is 5.56 Å². The number of nitrogens with zero attached hydrogens (tertiary/aromatic N) is 5. The molecule has 0 bridgehead atoms. The highest BCUT2D eigenvalue weighted by molar-refractivity contribution is 7.99. The van der Waals surface area contributed by atoms with Crippen molar-refractivity contribution in [1.82, 2.24) is 24.1 Å². The zero-order chi connectivity index (χ0) is 22.2. The highest BCUT2D eigenvalue weighted by Crippen LogP contribution is 2.25. The zero-order valence-electron chi connectivity index (χ0n) is 18.1. The van der Waals surface area contributed by atoms with Gasteiger partial charge in [-0.2, -0.15) is 0 Å². The summed E-state index contributed by atoms with van der Waals surface area (Å²) in [4.78, 5) is 28.2. The molecule has 1 aliphatic rings. The van der Waals surface area contributed by atoms with Crippen molar-refractivity contribution in [2.75, 3.05) is 18.8 Å². The SMILES string of the molecule is CC1CC(C)CN(C(=O)CSc2nnc3n(-c4ccccc4)c(=O)c4ccccc4n23)C1.